The number of benzene rings is 1. The Kier molecular flexibility index (Phi) is 5.08. The first-order chi connectivity index (χ1) is 13.0. The first-order valence-corrected chi connectivity index (χ1v) is 10.2. The Balaban J connectivity index is 1.51. The van der Waals surface area contributed by atoms with Gasteiger partial charge in [-0.2, -0.15) is 5.10 Å². The van der Waals surface area contributed by atoms with Crippen LogP contribution in [-0.2, 0) is 18.7 Å². The molecule has 1 saturated carbocycles. The first-order valence-electron chi connectivity index (χ1n) is 10.2. The van der Waals surface area contributed by atoms with E-state index in [2.05, 4.69) is 28.5 Å². The summed E-state index contributed by atoms with van der Waals surface area (Å²) < 4.78 is 15.4. The third-order valence-corrected chi connectivity index (χ3v) is 6.64. The monoisotopic (exact) mass is 371 g/mol. The van der Waals surface area contributed by atoms with Crippen molar-refractivity contribution >= 4 is 0 Å². The van der Waals surface area contributed by atoms with Gasteiger partial charge >= 0.3 is 0 Å². The van der Waals surface area contributed by atoms with Crippen LogP contribution in [0.3, 0.4) is 0 Å². The van der Waals surface area contributed by atoms with Crippen molar-refractivity contribution < 1.29 is 9.50 Å². The molecule has 4 nitrogen and oxygen atoms in total. The predicted octanol–water partition coefficient (Wildman–Crippen LogP) is 3.86. The fraction of sp³-hybridized carbons (Fsp3) is 0.591. The van der Waals surface area contributed by atoms with Gasteiger partial charge in [-0.05, 0) is 56.2 Å². The number of rotatable bonds is 5. The van der Waals surface area contributed by atoms with Crippen molar-refractivity contribution in [2.45, 2.75) is 58.2 Å². The Bertz CT molecular complexity index is 787. The van der Waals surface area contributed by atoms with Crippen molar-refractivity contribution in [3.63, 3.8) is 0 Å². The second kappa shape index (κ2) is 7.36. The molecular formula is C22H30FN3O. The number of aliphatic hydroxyl groups is 1. The van der Waals surface area contributed by atoms with Crippen molar-refractivity contribution in [1.82, 2.24) is 14.7 Å². The molecule has 27 heavy (non-hydrogen) atoms. The Morgan fingerprint density at radius 1 is 1.26 bits per heavy atom. The van der Waals surface area contributed by atoms with Crippen LogP contribution in [0.5, 0.6) is 0 Å². The highest BCUT2D eigenvalue weighted by Gasteiger charge is 2.49. The van der Waals surface area contributed by atoms with Gasteiger partial charge in [0.2, 0.25) is 0 Å². The van der Waals surface area contributed by atoms with Gasteiger partial charge in [0.25, 0.3) is 0 Å². The van der Waals surface area contributed by atoms with E-state index >= 15 is 0 Å². The summed E-state index contributed by atoms with van der Waals surface area (Å²) in [6.45, 7) is 8.07. The number of fused-ring (bicyclic) bond motifs is 1. The van der Waals surface area contributed by atoms with Crippen molar-refractivity contribution in [2.75, 3.05) is 13.1 Å². The van der Waals surface area contributed by atoms with Gasteiger partial charge in [0.05, 0.1) is 11.8 Å². The summed E-state index contributed by atoms with van der Waals surface area (Å²) in [6, 6.07) is 6.46. The van der Waals surface area contributed by atoms with E-state index in [-0.39, 0.29) is 11.7 Å². The highest BCUT2D eigenvalue weighted by atomic mass is 19.1. The molecule has 2 heterocycles. The average molecular weight is 372 g/mol. The summed E-state index contributed by atoms with van der Waals surface area (Å²) >= 11 is 0. The molecule has 1 aliphatic carbocycles. The van der Waals surface area contributed by atoms with E-state index in [9.17, 15) is 9.50 Å². The second-order valence-corrected chi connectivity index (χ2v) is 8.36. The van der Waals surface area contributed by atoms with E-state index in [1.54, 1.807) is 12.1 Å². The van der Waals surface area contributed by atoms with Gasteiger partial charge in [-0.3, -0.25) is 9.58 Å². The molecule has 1 aromatic carbocycles. The van der Waals surface area contributed by atoms with Crippen molar-refractivity contribution in [3.05, 3.63) is 53.1 Å². The zero-order chi connectivity index (χ0) is 19.0. The molecule has 0 amide bonds. The molecule has 1 saturated heterocycles. The molecule has 3 atom stereocenters. The summed E-state index contributed by atoms with van der Waals surface area (Å²) in [5.74, 6) is 0.463. The lowest BCUT2D eigenvalue weighted by Crippen LogP contribution is -2.42. The van der Waals surface area contributed by atoms with Gasteiger partial charge in [0.1, 0.15) is 5.82 Å². The molecular weight excluding hydrogens is 341 g/mol. The molecule has 146 valence electrons. The molecule has 2 aromatic rings. The van der Waals surface area contributed by atoms with Crippen LogP contribution in [0.25, 0.3) is 0 Å². The maximum Gasteiger partial charge on any atom is 0.123 e. The zero-order valence-corrected chi connectivity index (χ0v) is 16.4. The van der Waals surface area contributed by atoms with E-state index in [1.807, 2.05) is 6.20 Å². The largest absolute Gasteiger partial charge is 0.385 e. The SMILES string of the molecule is CCCn1ncc(CN2C[C@H]3CCC[C@](O)(c4ccc(F)cc4)[C@@H]3C2)c1C. The molecule has 0 bridgehead atoms. The van der Waals surface area contributed by atoms with E-state index < -0.39 is 5.60 Å². The lowest BCUT2D eigenvalue weighted by Gasteiger charge is -2.41. The zero-order valence-electron chi connectivity index (χ0n) is 16.4. The molecule has 1 aliphatic heterocycles. The Labute approximate surface area is 161 Å². The van der Waals surface area contributed by atoms with Crippen LogP contribution < -0.4 is 0 Å². The van der Waals surface area contributed by atoms with Crippen LogP contribution in [0.15, 0.2) is 30.5 Å². The van der Waals surface area contributed by atoms with Crippen LogP contribution >= 0.6 is 0 Å². The third kappa shape index (κ3) is 3.43. The summed E-state index contributed by atoms with van der Waals surface area (Å²) in [5.41, 5.74) is 2.56. The molecule has 2 fully saturated rings. The standard InChI is InChI=1S/C22H30FN3O/c1-3-11-26-16(2)18(12-24-26)14-25-13-17-5-4-10-22(27,21(17)15-25)19-6-8-20(23)9-7-19/h6-9,12,17,21,27H,3-5,10-11,13-15H2,1-2H3/t17-,21-,22+/m1/s1. The van der Waals surface area contributed by atoms with Crippen LogP contribution in [0.4, 0.5) is 4.39 Å². The Morgan fingerprint density at radius 2 is 2.04 bits per heavy atom. The summed E-state index contributed by atoms with van der Waals surface area (Å²) in [7, 11) is 0. The molecule has 1 aromatic heterocycles. The Hall–Kier alpha value is -1.72. The highest BCUT2D eigenvalue weighted by Crippen LogP contribution is 2.48. The Morgan fingerprint density at radius 3 is 2.78 bits per heavy atom. The minimum absolute atomic E-state index is 0.211. The van der Waals surface area contributed by atoms with Crippen LogP contribution in [0.1, 0.15) is 49.4 Å². The van der Waals surface area contributed by atoms with Crippen molar-refractivity contribution in [2.24, 2.45) is 11.8 Å². The molecule has 4 rings (SSSR count). The number of nitrogens with zero attached hydrogens (tertiary/aromatic N) is 3. The van der Waals surface area contributed by atoms with Gasteiger partial charge in [-0.1, -0.05) is 19.1 Å². The van der Waals surface area contributed by atoms with E-state index in [1.165, 1.54) is 29.8 Å². The van der Waals surface area contributed by atoms with Crippen LogP contribution in [-0.4, -0.2) is 32.9 Å². The topological polar surface area (TPSA) is 41.3 Å². The summed E-state index contributed by atoms with van der Waals surface area (Å²) in [4.78, 5) is 2.47. The number of hydrogen-bond donors (Lipinski definition) is 1. The van der Waals surface area contributed by atoms with Gasteiger partial charge in [0.15, 0.2) is 0 Å². The fourth-order valence-corrected chi connectivity index (χ4v) is 5.16. The van der Waals surface area contributed by atoms with Gasteiger partial charge in [0, 0.05) is 43.4 Å². The highest BCUT2D eigenvalue weighted by molar-refractivity contribution is 5.26. The normalized spacial score (nSPS) is 28.4. The maximum absolute atomic E-state index is 13.3. The van der Waals surface area contributed by atoms with Gasteiger partial charge < -0.3 is 5.11 Å². The van der Waals surface area contributed by atoms with E-state index in [4.69, 9.17) is 0 Å². The molecule has 0 unspecified atom stereocenters. The van der Waals surface area contributed by atoms with Gasteiger partial charge in [-0.25, -0.2) is 4.39 Å². The summed E-state index contributed by atoms with van der Waals surface area (Å²) in [5, 5.41) is 16.1. The molecule has 1 N–H and O–H groups in total. The minimum atomic E-state index is -0.840. The quantitative estimate of drug-likeness (QED) is 0.868. The first kappa shape index (κ1) is 18.6. The van der Waals surface area contributed by atoms with Crippen LogP contribution in [0.2, 0.25) is 0 Å². The van der Waals surface area contributed by atoms with E-state index in [0.29, 0.717) is 5.92 Å². The van der Waals surface area contributed by atoms with Crippen molar-refractivity contribution in [3.8, 4) is 0 Å². The number of likely N-dealkylation sites (tertiary alicyclic amines) is 1. The molecule has 0 radical (unpaired) electrons. The molecule has 0 spiro atoms. The lowest BCUT2D eigenvalue weighted by atomic mass is 9.67. The number of aryl methyl sites for hydroxylation is 1. The molecule has 5 heteroatoms. The van der Waals surface area contributed by atoms with Crippen molar-refractivity contribution in [1.29, 1.82) is 0 Å². The second-order valence-electron chi connectivity index (χ2n) is 8.36. The predicted molar refractivity (Wildman–Crippen MR) is 104 cm³/mol. The average Bonchev–Trinajstić information content (AvgIpc) is 3.22. The third-order valence-electron chi connectivity index (χ3n) is 6.64. The fourth-order valence-electron chi connectivity index (χ4n) is 5.16. The number of aromatic nitrogens is 2. The maximum atomic E-state index is 13.3. The van der Waals surface area contributed by atoms with Crippen LogP contribution in [0, 0.1) is 24.6 Å². The smallest absolute Gasteiger partial charge is 0.123 e. The minimum Gasteiger partial charge on any atom is -0.385 e. The summed E-state index contributed by atoms with van der Waals surface area (Å²) in [6.07, 6.45) is 6.04. The van der Waals surface area contributed by atoms with E-state index in [0.717, 1.165) is 51.0 Å². The number of hydrogen-bond acceptors (Lipinski definition) is 3. The van der Waals surface area contributed by atoms with Gasteiger partial charge in [-0.15, -0.1) is 0 Å². The molecule has 2 aliphatic rings. The number of halogens is 1. The lowest BCUT2D eigenvalue weighted by molar-refractivity contribution is -0.0648.